The van der Waals surface area contributed by atoms with Crippen LogP contribution in [-0.4, -0.2) is 16.5 Å². The number of nitrogens with zero attached hydrogens (tertiary/aromatic N) is 2. The van der Waals surface area contributed by atoms with Crippen LogP contribution in [0.15, 0.2) is 18.2 Å². The molecular formula is C15H18F2N4. The zero-order valence-electron chi connectivity index (χ0n) is 12.3. The molecule has 4 nitrogen and oxygen atoms in total. The van der Waals surface area contributed by atoms with E-state index in [1.165, 1.54) is 12.1 Å². The summed E-state index contributed by atoms with van der Waals surface area (Å²) in [5, 5.41) is 5.82. The highest BCUT2D eigenvalue weighted by Gasteiger charge is 2.13. The van der Waals surface area contributed by atoms with Crippen molar-refractivity contribution in [1.82, 2.24) is 9.97 Å². The number of benzene rings is 1. The second-order valence-corrected chi connectivity index (χ2v) is 4.79. The molecule has 2 rings (SSSR count). The van der Waals surface area contributed by atoms with Gasteiger partial charge in [0.1, 0.15) is 29.0 Å². The SMILES string of the molecule is CCCNc1cc(Nc2c(F)ccc(C)c2F)nc(C)n1. The van der Waals surface area contributed by atoms with E-state index in [0.29, 0.717) is 23.0 Å². The fourth-order valence-corrected chi connectivity index (χ4v) is 1.87. The molecule has 2 aromatic rings. The Morgan fingerprint density at radius 1 is 1.10 bits per heavy atom. The topological polar surface area (TPSA) is 49.8 Å². The average molecular weight is 292 g/mol. The van der Waals surface area contributed by atoms with Crippen LogP contribution in [0, 0.1) is 25.5 Å². The normalized spacial score (nSPS) is 10.5. The number of aromatic nitrogens is 2. The Morgan fingerprint density at radius 3 is 2.52 bits per heavy atom. The van der Waals surface area contributed by atoms with Crippen LogP contribution in [-0.2, 0) is 0 Å². The van der Waals surface area contributed by atoms with Crippen molar-refractivity contribution in [3.8, 4) is 0 Å². The van der Waals surface area contributed by atoms with Crippen LogP contribution in [0.25, 0.3) is 0 Å². The Kier molecular flexibility index (Phi) is 4.67. The quantitative estimate of drug-likeness (QED) is 0.876. The number of hydrogen-bond donors (Lipinski definition) is 2. The molecule has 0 amide bonds. The summed E-state index contributed by atoms with van der Waals surface area (Å²) in [4.78, 5) is 8.38. The van der Waals surface area contributed by atoms with Gasteiger partial charge in [0.25, 0.3) is 0 Å². The molecule has 0 aliphatic heterocycles. The van der Waals surface area contributed by atoms with Crippen molar-refractivity contribution in [3.63, 3.8) is 0 Å². The molecule has 0 fully saturated rings. The van der Waals surface area contributed by atoms with Gasteiger partial charge in [0, 0.05) is 12.6 Å². The molecule has 1 aromatic carbocycles. The van der Waals surface area contributed by atoms with Gasteiger partial charge in [-0.2, -0.15) is 0 Å². The lowest BCUT2D eigenvalue weighted by molar-refractivity contribution is 0.584. The lowest BCUT2D eigenvalue weighted by atomic mass is 10.2. The highest BCUT2D eigenvalue weighted by Crippen LogP contribution is 2.25. The first-order valence-corrected chi connectivity index (χ1v) is 6.82. The molecular weight excluding hydrogens is 274 g/mol. The smallest absolute Gasteiger partial charge is 0.152 e. The third kappa shape index (κ3) is 3.65. The fourth-order valence-electron chi connectivity index (χ4n) is 1.87. The van der Waals surface area contributed by atoms with Crippen molar-refractivity contribution < 1.29 is 8.78 Å². The van der Waals surface area contributed by atoms with E-state index in [1.54, 1.807) is 19.9 Å². The molecule has 112 valence electrons. The van der Waals surface area contributed by atoms with Crippen molar-refractivity contribution >= 4 is 17.3 Å². The predicted octanol–water partition coefficient (Wildman–Crippen LogP) is 3.94. The summed E-state index contributed by atoms with van der Waals surface area (Å²) >= 11 is 0. The minimum absolute atomic E-state index is 0.199. The van der Waals surface area contributed by atoms with Gasteiger partial charge in [-0.3, -0.25) is 0 Å². The molecule has 0 unspecified atom stereocenters. The zero-order chi connectivity index (χ0) is 15.4. The van der Waals surface area contributed by atoms with Crippen LogP contribution >= 0.6 is 0 Å². The van der Waals surface area contributed by atoms with Crippen molar-refractivity contribution in [2.75, 3.05) is 17.2 Å². The Hall–Kier alpha value is -2.24. The van der Waals surface area contributed by atoms with E-state index in [0.717, 1.165) is 13.0 Å². The number of halogens is 2. The highest BCUT2D eigenvalue weighted by atomic mass is 19.1. The summed E-state index contributed by atoms with van der Waals surface area (Å²) in [5.74, 6) is 0.226. The molecule has 0 saturated heterocycles. The van der Waals surface area contributed by atoms with Gasteiger partial charge in [0.05, 0.1) is 0 Å². The van der Waals surface area contributed by atoms with Gasteiger partial charge < -0.3 is 10.6 Å². The van der Waals surface area contributed by atoms with Crippen LogP contribution in [0.3, 0.4) is 0 Å². The van der Waals surface area contributed by atoms with Crippen molar-refractivity contribution in [1.29, 1.82) is 0 Å². The number of anilines is 3. The lowest BCUT2D eigenvalue weighted by Gasteiger charge is -2.12. The summed E-state index contributed by atoms with van der Waals surface area (Å²) < 4.78 is 27.7. The number of rotatable bonds is 5. The molecule has 0 aliphatic rings. The van der Waals surface area contributed by atoms with Crippen molar-refractivity contribution in [2.24, 2.45) is 0 Å². The van der Waals surface area contributed by atoms with E-state index in [1.807, 2.05) is 6.92 Å². The number of hydrogen-bond acceptors (Lipinski definition) is 4. The Bertz CT molecular complexity index is 644. The van der Waals surface area contributed by atoms with E-state index < -0.39 is 11.6 Å². The van der Waals surface area contributed by atoms with Gasteiger partial charge in [-0.05, 0) is 31.9 Å². The molecule has 6 heteroatoms. The molecule has 2 N–H and O–H groups in total. The summed E-state index contributed by atoms with van der Waals surface area (Å²) in [6.07, 6.45) is 0.951. The maximum Gasteiger partial charge on any atom is 0.152 e. The molecule has 21 heavy (non-hydrogen) atoms. The Labute approximate surface area is 122 Å². The van der Waals surface area contributed by atoms with Gasteiger partial charge in [0.2, 0.25) is 0 Å². The molecule has 1 aromatic heterocycles. The molecule has 1 heterocycles. The second kappa shape index (κ2) is 6.47. The predicted molar refractivity (Wildman–Crippen MR) is 79.9 cm³/mol. The van der Waals surface area contributed by atoms with Gasteiger partial charge >= 0.3 is 0 Å². The van der Waals surface area contributed by atoms with Crippen LogP contribution in [0.4, 0.5) is 26.1 Å². The van der Waals surface area contributed by atoms with Gasteiger partial charge in [-0.25, -0.2) is 18.7 Å². The number of aryl methyl sites for hydroxylation is 2. The van der Waals surface area contributed by atoms with E-state index in [2.05, 4.69) is 20.6 Å². The van der Waals surface area contributed by atoms with E-state index >= 15 is 0 Å². The third-order valence-electron chi connectivity index (χ3n) is 2.93. The second-order valence-electron chi connectivity index (χ2n) is 4.79. The minimum atomic E-state index is -0.655. The van der Waals surface area contributed by atoms with Crippen LogP contribution in [0.5, 0.6) is 0 Å². The van der Waals surface area contributed by atoms with E-state index in [4.69, 9.17) is 0 Å². The summed E-state index contributed by atoms with van der Waals surface area (Å²) in [7, 11) is 0. The summed E-state index contributed by atoms with van der Waals surface area (Å²) in [5.41, 5.74) is 0.170. The maximum absolute atomic E-state index is 14.0. The first-order valence-electron chi connectivity index (χ1n) is 6.82. The maximum atomic E-state index is 14.0. The first-order chi connectivity index (χ1) is 10.0. The molecule has 0 saturated carbocycles. The standard InChI is InChI=1S/C15H18F2N4/c1-4-7-18-12-8-13(20-10(3)19-12)21-15-11(16)6-5-9(2)14(15)17/h5-6,8H,4,7H2,1-3H3,(H2,18,19,20,21). The van der Waals surface area contributed by atoms with Crippen molar-refractivity contribution in [2.45, 2.75) is 27.2 Å². The molecule has 0 spiro atoms. The number of nitrogens with one attached hydrogen (secondary N) is 2. The highest BCUT2D eigenvalue weighted by molar-refractivity contribution is 5.61. The van der Waals surface area contributed by atoms with Gasteiger partial charge in [-0.1, -0.05) is 13.0 Å². The minimum Gasteiger partial charge on any atom is -0.370 e. The van der Waals surface area contributed by atoms with Crippen LogP contribution in [0.1, 0.15) is 24.7 Å². The molecule has 0 aliphatic carbocycles. The first kappa shape index (κ1) is 15.2. The third-order valence-corrected chi connectivity index (χ3v) is 2.93. The fraction of sp³-hybridized carbons (Fsp3) is 0.333. The average Bonchev–Trinajstić information content (AvgIpc) is 2.45. The van der Waals surface area contributed by atoms with Crippen LogP contribution < -0.4 is 10.6 Å². The monoisotopic (exact) mass is 292 g/mol. The zero-order valence-corrected chi connectivity index (χ0v) is 12.3. The van der Waals surface area contributed by atoms with Crippen LogP contribution in [0.2, 0.25) is 0 Å². The summed E-state index contributed by atoms with van der Waals surface area (Å²) in [6.45, 7) is 6.12. The lowest BCUT2D eigenvalue weighted by Crippen LogP contribution is -2.07. The Balaban J connectivity index is 2.31. The van der Waals surface area contributed by atoms with E-state index in [9.17, 15) is 8.78 Å². The van der Waals surface area contributed by atoms with E-state index in [-0.39, 0.29) is 5.69 Å². The molecule has 0 bridgehead atoms. The van der Waals surface area contributed by atoms with Crippen molar-refractivity contribution in [3.05, 3.63) is 41.2 Å². The summed E-state index contributed by atoms with van der Waals surface area (Å²) in [6, 6.07) is 4.25. The molecule has 0 radical (unpaired) electrons. The molecule has 0 atom stereocenters. The van der Waals surface area contributed by atoms with Gasteiger partial charge in [-0.15, -0.1) is 0 Å². The Morgan fingerprint density at radius 2 is 1.81 bits per heavy atom. The largest absolute Gasteiger partial charge is 0.370 e. The van der Waals surface area contributed by atoms with Gasteiger partial charge in [0.15, 0.2) is 5.82 Å².